The topological polar surface area (TPSA) is 114 Å². The van der Waals surface area contributed by atoms with Crippen LogP contribution in [0.5, 0.6) is 0 Å². The lowest BCUT2D eigenvalue weighted by Gasteiger charge is -2.21. The summed E-state index contributed by atoms with van der Waals surface area (Å²) in [5.41, 5.74) is 3.85. The van der Waals surface area contributed by atoms with Crippen LogP contribution in [0.3, 0.4) is 0 Å². The molecule has 21 heavy (non-hydrogen) atoms. The van der Waals surface area contributed by atoms with E-state index in [9.17, 15) is 19.2 Å². The van der Waals surface area contributed by atoms with Gasteiger partial charge in [0.1, 0.15) is 11.6 Å². The second-order valence-corrected chi connectivity index (χ2v) is 5.49. The van der Waals surface area contributed by atoms with Gasteiger partial charge in [-0.1, -0.05) is 0 Å². The average molecular weight is 301 g/mol. The molecule has 9 heteroatoms. The first-order chi connectivity index (χ1) is 9.60. The van der Waals surface area contributed by atoms with E-state index in [-0.39, 0.29) is 12.8 Å². The highest BCUT2D eigenvalue weighted by molar-refractivity contribution is 6.01. The molecule has 118 valence electrons. The van der Waals surface area contributed by atoms with E-state index in [1.54, 1.807) is 20.8 Å². The van der Waals surface area contributed by atoms with E-state index in [0.717, 1.165) is 0 Å². The van der Waals surface area contributed by atoms with Gasteiger partial charge in [-0.3, -0.25) is 15.0 Å². The van der Waals surface area contributed by atoms with Gasteiger partial charge in [0, 0.05) is 12.8 Å². The van der Waals surface area contributed by atoms with Crippen molar-refractivity contribution < 1.29 is 28.8 Å². The number of nitrogens with one attached hydrogen (secondary N) is 2. The molecule has 1 aliphatic heterocycles. The molecule has 0 saturated carbocycles. The Hall–Kier alpha value is -2.16. The van der Waals surface area contributed by atoms with Crippen molar-refractivity contribution in [2.24, 2.45) is 0 Å². The van der Waals surface area contributed by atoms with Crippen LogP contribution in [0.2, 0.25) is 0 Å². The summed E-state index contributed by atoms with van der Waals surface area (Å²) in [4.78, 5) is 50.3. The molecule has 0 aliphatic carbocycles. The summed E-state index contributed by atoms with van der Waals surface area (Å²) >= 11 is 0. The van der Waals surface area contributed by atoms with Crippen LogP contribution in [-0.2, 0) is 24.0 Å². The molecule has 0 aromatic heterocycles. The van der Waals surface area contributed by atoms with Crippen molar-refractivity contribution in [3.8, 4) is 0 Å². The molecular weight excluding hydrogens is 282 g/mol. The SMILES string of the molecule is C[C@H](NNC(=O)OC(C)(C)C)C(=O)ON1C(=O)CCC1=O. The molecule has 0 bridgehead atoms. The Bertz CT molecular complexity index is 440. The highest BCUT2D eigenvalue weighted by Crippen LogP contribution is 2.12. The molecule has 0 aromatic rings. The highest BCUT2D eigenvalue weighted by atomic mass is 16.7. The van der Waals surface area contributed by atoms with Crippen molar-refractivity contribution in [2.75, 3.05) is 0 Å². The van der Waals surface area contributed by atoms with Crippen molar-refractivity contribution in [3.63, 3.8) is 0 Å². The fraction of sp³-hybridized carbons (Fsp3) is 0.667. The van der Waals surface area contributed by atoms with Crippen LogP contribution in [0.1, 0.15) is 40.5 Å². The Kier molecular flexibility index (Phi) is 5.25. The predicted molar refractivity (Wildman–Crippen MR) is 69.1 cm³/mol. The summed E-state index contributed by atoms with van der Waals surface area (Å²) in [5.74, 6) is -2.02. The molecule has 3 amide bonds. The van der Waals surface area contributed by atoms with Crippen molar-refractivity contribution >= 4 is 23.9 Å². The standard InChI is InChI=1S/C12H19N3O6/c1-7(13-14-11(19)20-12(2,3)4)10(18)21-15-8(16)5-6-9(15)17/h7,13H,5-6H2,1-4H3,(H,14,19)/t7-/m0/s1. The monoisotopic (exact) mass is 301 g/mol. The van der Waals surface area contributed by atoms with Crippen LogP contribution >= 0.6 is 0 Å². The Morgan fingerprint density at radius 2 is 1.71 bits per heavy atom. The fourth-order valence-corrected chi connectivity index (χ4v) is 1.36. The smallest absolute Gasteiger partial charge is 0.422 e. The van der Waals surface area contributed by atoms with E-state index in [0.29, 0.717) is 5.06 Å². The molecule has 9 nitrogen and oxygen atoms in total. The first-order valence-electron chi connectivity index (χ1n) is 6.42. The summed E-state index contributed by atoms with van der Waals surface area (Å²) in [7, 11) is 0. The van der Waals surface area contributed by atoms with Crippen LogP contribution in [-0.4, -0.2) is 40.6 Å². The molecule has 1 heterocycles. The van der Waals surface area contributed by atoms with Crippen LogP contribution in [0, 0.1) is 0 Å². The normalized spacial score (nSPS) is 16.7. The second-order valence-electron chi connectivity index (χ2n) is 5.49. The third kappa shape index (κ3) is 5.38. The van der Waals surface area contributed by atoms with E-state index in [4.69, 9.17) is 4.74 Å². The van der Waals surface area contributed by atoms with Gasteiger partial charge in [0.25, 0.3) is 11.8 Å². The predicted octanol–water partition coefficient (Wildman–Crippen LogP) is 0.0114. The lowest BCUT2D eigenvalue weighted by molar-refractivity contribution is -0.198. The molecule has 1 atom stereocenters. The van der Waals surface area contributed by atoms with Crippen LogP contribution in [0.25, 0.3) is 0 Å². The molecule has 0 aromatic carbocycles. The van der Waals surface area contributed by atoms with E-state index >= 15 is 0 Å². The Morgan fingerprint density at radius 3 is 2.19 bits per heavy atom. The number of hydrogen-bond acceptors (Lipinski definition) is 7. The molecule has 1 aliphatic rings. The van der Waals surface area contributed by atoms with Crippen molar-refractivity contribution in [1.29, 1.82) is 0 Å². The third-order valence-corrected chi connectivity index (χ3v) is 2.33. The maximum Gasteiger partial charge on any atom is 0.422 e. The van der Waals surface area contributed by atoms with Gasteiger partial charge in [0.05, 0.1) is 0 Å². The largest absolute Gasteiger partial charge is 0.443 e. The van der Waals surface area contributed by atoms with E-state index in [2.05, 4.69) is 15.7 Å². The minimum atomic E-state index is -0.973. The van der Waals surface area contributed by atoms with Crippen LogP contribution < -0.4 is 10.9 Å². The zero-order valence-electron chi connectivity index (χ0n) is 12.4. The first-order valence-corrected chi connectivity index (χ1v) is 6.42. The van der Waals surface area contributed by atoms with Gasteiger partial charge < -0.3 is 9.57 Å². The number of ether oxygens (including phenoxy) is 1. The Balaban J connectivity index is 2.39. The Labute approximate surface area is 121 Å². The number of hydroxylamine groups is 2. The van der Waals surface area contributed by atoms with E-state index in [1.165, 1.54) is 6.92 Å². The fourth-order valence-electron chi connectivity index (χ4n) is 1.36. The molecule has 0 radical (unpaired) electrons. The molecule has 2 N–H and O–H groups in total. The summed E-state index contributed by atoms with van der Waals surface area (Å²) < 4.78 is 4.95. The quantitative estimate of drug-likeness (QED) is 0.555. The first kappa shape index (κ1) is 16.9. The number of hydrazine groups is 1. The zero-order valence-corrected chi connectivity index (χ0v) is 12.4. The average Bonchev–Trinajstić information content (AvgIpc) is 2.65. The minimum absolute atomic E-state index is 0.0179. The second kappa shape index (κ2) is 6.53. The van der Waals surface area contributed by atoms with Gasteiger partial charge in [-0.05, 0) is 27.7 Å². The van der Waals surface area contributed by atoms with Gasteiger partial charge >= 0.3 is 12.1 Å². The maximum absolute atomic E-state index is 11.7. The van der Waals surface area contributed by atoms with Crippen LogP contribution in [0.15, 0.2) is 0 Å². The van der Waals surface area contributed by atoms with Crippen molar-refractivity contribution in [3.05, 3.63) is 0 Å². The zero-order chi connectivity index (χ0) is 16.2. The van der Waals surface area contributed by atoms with Gasteiger partial charge in [0.15, 0.2) is 0 Å². The number of imide groups is 1. The number of nitrogens with zero attached hydrogens (tertiary/aromatic N) is 1. The number of carbonyl (C=O) groups is 4. The minimum Gasteiger partial charge on any atom is -0.443 e. The molecule has 0 spiro atoms. The lowest BCUT2D eigenvalue weighted by atomic mass is 10.2. The maximum atomic E-state index is 11.7. The highest BCUT2D eigenvalue weighted by Gasteiger charge is 2.34. The van der Waals surface area contributed by atoms with E-state index < -0.39 is 35.5 Å². The molecule has 1 saturated heterocycles. The van der Waals surface area contributed by atoms with Gasteiger partial charge in [-0.25, -0.2) is 15.0 Å². The van der Waals surface area contributed by atoms with Gasteiger partial charge in [0.2, 0.25) is 0 Å². The summed E-state index contributed by atoms with van der Waals surface area (Å²) in [6.07, 6.45) is -0.732. The van der Waals surface area contributed by atoms with Crippen molar-refractivity contribution in [2.45, 2.75) is 52.2 Å². The van der Waals surface area contributed by atoms with Gasteiger partial charge in [-0.2, -0.15) is 0 Å². The molecule has 1 fully saturated rings. The third-order valence-electron chi connectivity index (χ3n) is 2.33. The molecular formula is C12H19N3O6. The number of hydrogen-bond donors (Lipinski definition) is 2. The summed E-state index contributed by atoms with van der Waals surface area (Å²) in [5, 5.41) is 0.438. The van der Waals surface area contributed by atoms with Gasteiger partial charge in [-0.15, -0.1) is 5.06 Å². The summed E-state index contributed by atoms with van der Waals surface area (Å²) in [6.45, 7) is 6.46. The number of carbonyl (C=O) groups excluding carboxylic acids is 4. The number of amides is 3. The molecule has 0 unspecified atom stereocenters. The summed E-state index contributed by atoms with van der Waals surface area (Å²) in [6, 6.07) is -0.973. The Morgan fingerprint density at radius 1 is 1.19 bits per heavy atom. The van der Waals surface area contributed by atoms with Crippen LogP contribution in [0.4, 0.5) is 4.79 Å². The number of rotatable bonds is 4. The lowest BCUT2D eigenvalue weighted by Crippen LogP contribution is -2.50. The molecule has 1 rings (SSSR count). The van der Waals surface area contributed by atoms with Crippen molar-refractivity contribution in [1.82, 2.24) is 15.9 Å². The van der Waals surface area contributed by atoms with E-state index in [1.807, 2.05) is 0 Å².